The third-order valence-corrected chi connectivity index (χ3v) is 2.41. The molecule has 0 fully saturated rings. The minimum absolute atomic E-state index is 0.181. The van der Waals surface area contributed by atoms with Gasteiger partial charge in [-0.15, -0.1) is 0 Å². The minimum Gasteiger partial charge on any atom is -0.480 e. The maximum Gasteiger partial charge on any atom is 0.326 e. The van der Waals surface area contributed by atoms with E-state index < -0.39 is 30.2 Å². The monoisotopic (exact) mass is 315 g/mol. The first-order valence-electron chi connectivity index (χ1n) is 4.82. The Bertz CT molecular complexity index is 492. The average Bonchev–Trinajstić information content (AvgIpc) is 2.27. The highest BCUT2D eigenvalue weighted by Crippen LogP contribution is 2.09. The number of nitrogens with one attached hydrogen (secondary N) is 1. The van der Waals surface area contributed by atoms with Crippen LogP contribution in [0.2, 0.25) is 0 Å². The molecular weight excluding hydrogens is 306 g/mol. The summed E-state index contributed by atoms with van der Waals surface area (Å²) in [5.41, 5.74) is 5.08. The van der Waals surface area contributed by atoms with Crippen molar-refractivity contribution in [2.45, 2.75) is 12.5 Å². The summed E-state index contributed by atoms with van der Waals surface area (Å²) in [4.78, 5) is 37.0. The van der Waals surface area contributed by atoms with E-state index in [2.05, 4.69) is 26.2 Å². The van der Waals surface area contributed by atoms with Gasteiger partial charge in [0, 0.05) is 16.9 Å². The summed E-state index contributed by atoms with van der Waals surface area (Å²) >= 11 is 3.13. The van der Waals surface area contributed by atoms with E-state index in [0.29, 0.717) is 4.47 Å². The number of aromatic nitrogens is 1. The molecule has 0 bridgehead atoms. The maximum absolute atomic E-state index is 11.7. The summed E-state index contributed by atoms with van der Waals surface area (Å²) in [6.07, 6.45) is 2.29. The van der Waals surface area contributed by atoms with Crippen molar-refractivity contribution >= 4 is 33.7 Å². The van der Waals surface area contributed by atoms with E-state index in [1.807, 2.05) is 0 Å². The molecule has 1 aromatic rings. The molecule has 1 atom stereocenters. The molecule has 0 radical (unpaired) electrons. The Morgan fingerprint density at radius 1 is 1.44 bits per heavy atom. The van der Waals surface area contributed by atoms with Gasteiger partial charge in [0.1, 0.15) is 6.04 Å². The number of aliphatic carboxylic acids is 1. The highest BCUT2D eigenvalue weighted by Gasteiger charge is 2.22. The third kappa shape index (κ3) is 4.13. The molecule has 8 heteroatoms. The van der Waals surface area contributed by atoms with Crippen LogP contribution >= 0.6 is 15.9 Å². The number of primary amides is 1. The molecule has 0 aliphatic heterocycles. The van der Waals surface area contributed by atoms with Gasteiger partial charge in [-0.05, 0) is 22.0 Å². The zero-order valence-corrected chi connectivity index (χ0v) is 10.7. The predicted octanol–water partition coefficient (Wildman–Crippen LogP) is -0.0975. The van der Waals surface area contributed by atoms with Gasteiger partial charge in [0.15, 0.2) is 0 Å². The third-order valence-electron chi connectivity index (χ3n) is 1.98. The molecule has 18 heavy (non-hydrogen) atoms. The number of carbonyl (C=O) groups excluding carboxylic acids is 2. The van der Waals surface area contributed by atoms with Crippen molar-refractivity contribution in [3.05, 3.63) is 28.5 Å². The van der Waals surface area contributed by atoms with E-state index in [4.69, 9.17) is 10.8 Å². The van der Waals surface area contributed by atoms with Crippen LogP contribution in [-0.4, -0.2) is 33.9 Å². The fourth-order valence-corrected chi connectivity index (χ4v) is 1.54. The molecule has 2 amide bonds. The highest BCUT2D eigenvalue weighted by molar-refractivity contribution is 9.10. The van der Waals surface area contributed by atoms with Crippen molar-refractivity contribution < 1.29 is 19.5 Å². The fraction of sp³-hybridized carbons (Fsp3) is 0.200. The molecule has 0 aromatic carbocycles. The van der Waals surface area contributed by atoms with Crippen LogP contribution < -0.4 is 11.1 Å². The first-order valence-corrected chi connectivity index (χ1v) is 5.62. The van der Waals surface area contributed by atoms with E-state index in [1.54, 1.807) is 0 Å². The Hall–Kier alpha value is -1.96. The Balaban J connectivity index is 2.78. The van der Waals surface area contributed by atoms with Crippen LogP contribution in [-0.2, 0) is 9.59 Å². The van der Waals surface area contributed by atoms with Gasteiger partial charge in [0.25, 0.3) is 5.91 Å². The average molecular weight is 316 g/mol. The van der Waals surface area contributed by atoms with Crippen molar-refractivity contribution in [2.75, 3.05) is 0 Å². The van der Waals surface area contributed by atoms with Crippen LogP contribution in [0.3, 0.4) is 0 Å². The Kier molecular flexibility index (Phi) is 4.78. The number of pyridine rings is 1. The molecule has 0 spiro atoms. The summed E-state index contributed by atoms with van der Waals surface area (Å²) in [6, 6.07) is 0.125. The van der Waals surface area contributed by atoms with Crippen LogP contribution in [0, 0.1) is 0 Å². The van der Waals surface area contributed by atoms with Crippen LogP contribution in [0.5, 0.6) is 0 Å². The van der Waals surface area contributed by atoms with Gasteiger partial charge in [-0.1, -0.05) is 0 Å². The predicted molar refractivity (Wildman–Crippen MR) is 64.6 cm³/mol. The summed E-state index contributed by atoms with van der Waals surface area (Å²) in [6.45, 7) is 0. The van der Waals surface area contributed by atoms with E-state index in [-0.39, 0.29) is 5.56 Å². The number of hydrogen-bond donors (Lipinski definition) is 3. The first kappa shape index (κ1) is 14.1. The van der Waals surface area contributed by atoms with Crippen molar-refractivity contribution in [2.24, 2.45) is 5.73 Å². The number of halogens is 1. The molecule has 7 nitrogen and oxygen atoms in total. The normalized spacial score (nSPS) is 11.6. The van der Waals surface area contributed by atoms with Crippen LogP contribution in [0.4, 0.5) is 0 Å². The number of hydrogen-bond acceptors (Lipinski definition) is 4. The van der Waals surface area contributed by atoms with E-state index >= 15 is 0 Å². The van der Waals surface area contributed by atoms with Crippen LogP contribution in [0.25, 0.3) is 0 Å². The van der Waals surface area contributed by atoms with Gasteiger partial charge in [-0.25, -0.2) is 4.79 Å². The van der Waals surface area contributed by atoms with Crippen molar-refractivity contribution in [1.29, 1.82) is 0 Å². The lowest BCUT2D eigenvalue weighted by atomic mass is 10.2. The van der Waals surface area contributed by atoms with Gasteiger partial charge >= 0.3 is 5.97 Å². The first-order chi connectivity index (χ1) is 8.40. The molecule has 1 rings (SSSR count). The summed E-state index contributed by atoms with van der Waals surface area (Å²) in [7, 11) is 0. The molecule has 0 saturated heterocycles. The molecule has 1 aromatic heterocycles. The van der Waals surface area contributed by atoms with Crippen molar-refractivity contribution in [3.8, 4) is 0 Å². The summed E-state index contributed by atoms with van der Waals surface area (Å²) < 4.78 is 0.580. The molecule has 0 aliphatic carbocycles. The zero-order valence-electron chi connectivity index (χ0n) is 9.09. The molecule has 0 saturated carbocycles. The summed E-state index contributed by atoms with van der Waals surface area (Å²) in [5, 5.41) is 11.0. The Morgan fingerprint density at radius 2 is 2.11 bits per heavy atom. The van der Waals surface area contributed by atoms with Crippen molar-refractivity contribution in [1.82, 2.24) is 10.3 Å². The van der Waals surface area contributed by atoms with Crippen LogP contribution in [0.15, 0.2) is 22.9 Å². The largest absolute Gasteiger partial charge is 0.480 e. The van der Waals surface area contributed by atoms with Gasteiger partial charge in [-0.3, -0.25) is 14.6 Å². The number of rotatable bonds is 5. The lowest BCUT2D eigenvalue weighted by molar-refractivity contribution is -0.140. The lowest BCUT2D eigenvalue weighted by Crippen LogP contribution is -2.43. The highest BCUT2D eigenvalue weighted by atomic mass is 79.9. The van der Waals surface area contributed by atoms with E-state index in [9.17, 15) is 14.4 Å². The van der Waals surface area contributed by atoms with Gasteiger partial charge in [0.2, 0.25) is 5.91 Å². The van der Waals surface area contributed by atoms with Gasteiger partial charge in [-0.2, -0.15) is 0 Å². The second kappa shape index (κ2) is 6.10. The Labute approximate surface area is 111 Å². The molecule has 0 aliphatic rings. The smallest absolute Gasteiger partial charge is 0.326 e. The quantitative estimate of drug-likeness (QED) is 0.700. The number of carboxylic acids is 1. The standard InChI is InChI=1S/C10H10BrN3O4/c11-6-1-5(3-13-4-6)9(16)14-7(10(17)18)2-8(12)15/h1,3-4,7H,2H2,(H2,12,15)(H,14,16)(H,17,18). The lowest BCUT2D eigenvalue weighted by Gasteiger charge is -2.12. The molecule has 1 unspecified atom stereocenters. The summed E-state index contributed by atoms with van der Waals surface area (Å²) in [5.74, 6) is -2.78. The fourth-order valence-electron chi connectivity index (χ4n) is 1.18. The second-order valence-corrected chi connectivity index (χ2v) is 4.34. The molecule has 1 heterocycles. The minimum atomic E-state index is -1.35. The molecule has 96 valence electrons. The van der Waals surface area contributed by atoms with Gasteiger partial charge < -0.3 is 16.2 Å². The Morgan fingerprint density at radius 3 is 2.61 bits per heavy atom. The number of nitrogens with zero attached hydrogens (tertiary/aromatic N) is 1. The van der Waals surface area contributed by atoms with Crippen LogP contribution in [0.1, 0.15) is 16.8 Å². The van der Waals surface area contributed by atoms with E-state index in [0.717, 1.165) is 0 Å². The van der Waals surface area contributed by atoms with Gasteiger partial charge in [0.05, 0.1) is 12.0 Å². The number of carboxylic acid groups (broad SMARTS) is 1. The number of nitrogens with two attached hydrogens (primary N) is 1. The second-order valence-electron chi connectivity index (χ2n) is 3.43. The van der Waals surface area contributed by atoms with E-state index in [1.165, 1.54) is 18.5 Å². The number of carbonyl (C=O) groups is 3. The zero-order chi connectivity index (χ0) is 13.7. The molecular formula is C10H10BrN3O4. The van der Waals surface area contributed by atoms with Crippen molar-refractivity contribution in [3.63, 3.8) is 0 Å². The topological polar surface area (TPSA) is 122 Å². The SMILES string of the molecule is NC(=O)CC(NC(=O)c1cncc(Br)c1)C(=O)O. The maximum atomic E-state index is 11.7. The number of amides is 2. The molecule has 4 N–H and O–H groups in total.